The Labute approximate surface area is 197 Å². The second kappa shape index (κ2) is 8.75. The molecule has 0 unspecified atom stereocenters. The van der Waals surface area contributed by atoms with Crippen molar-refractivity contribution >= 4 is 50.2 Å². The standard InChI is InChI=1S/C23H22N4O4S2/c1-3-27-21(29)18-14-6-4-5-7-16(14)33-20(18)26-23(27)32-11-17-24-15-10-12(22(30)31-2)8-9-13(15)19(28)25-17/h8-10H,3-7,11H2,1-2H3,(H,24,25,28). The third kappa shape index (κ3) is 3.87. The topological polar surface area (TPSA) is 107 Å². The van der Waals surface area contributed by atoms with Crippen LogP contribution in [0.5, 0.6) is 0 Å². The molecule has 33 heavy (non-hydrogen) atoms. The number of aromatic nitrogens is 4. The highest BCUT2D eigenvalue weighted by atomic mass is 32.2. The Morgan fingerprint density at radius 3 is 2.85 bits per heavy atom. The Kier molecular flexibility index (Phi) is 5.79. The summed E-state index contributed by atoms with van der Waals surface area (Å²) >= 11 is 2.99. The minimum Gasteiger partial charge on any atom is -0.465 e. The largest absolute Gasteiger partial charge is 0.465 e. The molecule has 4 aromatic rings. The quantitative estimate of drug-likeness (QED) is 0.263. The van der Waals surface area contributed by atoms with Gasteiger partial charge in [-0.1, -0.05) is 11.8 Å². The van der Waals surface area contributed by atoms with Crippen LogP contribution in [0, 0.1) is 0 Å². The van der Waals surface area contributed by atoms with Crippen molar-refractivity contribution in [3.8, 4) is 0 Å². The molecule has 1 N–H and O–H groups in total. The molecule has 0 aliphatic heterocycles. The van der Waals surface area contributed by atoms with Crippen molar-refractivity contribution in [2.75, 3.05) is 7.11 Å². The monoisotopic (exact) mass is 482 g/mol. The van der Waals surface area contributed by atoms with E-state index in [1.54, 1.807) is 34.1 Å². The van der Waals surface area contributed by atoms with Crippen LogP contribution in [-0.2, 0) is 29.9 Å². The zero-order chi connectivity index (χ0) is 23.1. The number of nitrogens with zero attached hydrogens (tertiary/aromatic N) is 3. The fourth-order valence-corrected chi connectivity index (χ4v) is 6.48. The maximum atomic E-state index is 13.3. The molecule has 1 aliphatic rings. The molecular formula is C23H22N4O4S2. The van der Waals surface area contributed by atoms with Gasteiger partial charge in [-0.15, -0.1) is 11.3 Å². The van der Waals surface area contributed by atoms with E-state index >= 15 is 0 Å². The van der Waals surface area contributed by atoms with Gasteiger partial charge in [0, 0.05) is 11.4 Å². The smallest absolute Gasteiger partial charge is 0.337 e. The van der Waals surface area contributed by atoms with Crippen LogP contribution in [-0.4, -0.2) is 32.6 Å². The predicted octanol–water partition coefficient (Wildman–Crippen LogP) is 3.67. The maximum Gasteiger partial charge on any atom is 0.337 e. The first-order valence-electron chi connectivity index (χ1n) is 10.8. The molecular weight excluding hydrogens is 460 g/mol. The normalized spacial score (nSPS) is 13.4. The Balaban J connectivity index is 1.51. The van der Waals surface area contributed by atoms with Gasteiger partial charge in [-0.05, 0) is 56.4 Å². The lowest BCUT2D eigenvalue weighted by atomic mass is 9.97. The summed E-state index contributed by atoms with van der Waals surface area (Å²) in [5.41, 5.74) is 1.65. The first-order valence-corrected chi connectivity index (χ1v) is 12.6. The summed E-state index contributed by atoms with van der Waals surface area (Å²) in [4.78, 5) is 51.9. The van der Waals surface area contributed by atoms with Crippen LogP contribution in [0.3, 0.4) is 0 Å². The van der Waals surface area contributed by atoms with Crippen LogP contribution in [0.15, 0.2) is 32.9 Å². The number of ether oxygens (including phenoxy) is 1. The Bertz CT molecular complexity index is 1520. The van der Waals surface area contributed by atoms with Gasteiger partial charge in [0.15, 0.2) is 5.16 Å². The molecule has 0 amide bonds. The summed E-state index contributed by atoms with van der Waals surface area (Å²) in [6, 6.07) is 4.65. The van der Waals surface area contributed by atoms with Gasteiger partial charge in [0.1, 0.15) is 10.7 Å². The van der Waals surface area contributed by atoms with Crippen LogP contribution >= 0.6 is 23.1 Å². The second-order valence-electron chi connectivity index (χ2n) is 7.86. The van der Waals surface area contributed by atoms with Crippen LogP contribution in [0.4, 0.5) is 0 Å². The number of hydrogen-bond donors (Lipinski definition) is 1. The van der Waals surface area contributed by atoms with Gasteiger partial charge >= 0.3 is 5.97 Å². The third-order valence-corrected chi connectivity index (χ3v) is 8.04. The average Bonchev–Trinajstić information content (AvgIpc) is 3.20. The molecule has 3 aromatic heterocycles. The lowest BCUT2D eigenvalue weighted by molar-refractivity contribution is 0.0601. The van der Waals surface area contributed by atoms with E-state index in [1.165, 1.54) is 29.3 Å². The predicted molar refractivity (Wildman–Crippen MR) is 129 cm³/mol. The molecule has 0 bridgehead atoms. The minimum atomic E-state index is -0.488. The zero-order valence-electron chi connectivity index (χ0n) is 18.3. The Morgan fingerprint density at radius 1 is 1.24 bits per heavy atom. The van der Waals surface area contributed by atoms with Crippen LogP contribution in [0.2, 0.25) is 0 Å². The average molecular weight is 483 g/mol. The fourth-order valence-electron chi connectivity index (χ4n) is 4.24. The van der Waals surface area contributed by atoms with Crippen LogP contribution in [0.1, 0.15) is 46.4 Å². The highest BCUT2D eigenvalue weighted by Gasteiger charge is 2.22. The van der Waals surface area contributed by atoms with E-state index in [1.807, 2.05) is 6.92 Å². The van der Waals surface area contributed by atoms with Crippen molar-refractivity contribution in [1.82, 2.24) is 19.5 Å². The van der Waals surface area contributed by atoms with Crippen molar-refractivity contribution in [1.29, 1.82) is 0 Å². The van der Waals surface area contributed by atoms with E-state index in [2.05, 4.69) is 9.97 Å². The van der Waals surface area contributed by atoms with Gasteiger partial charge in [0.05, 0.1) is 34.7 Å². The number of H-pyrrole nitrogens is 1. The molecule has 170 valence electrons. The highest BCUT2D eigenvalue weighted by molar-refractivity contribution is 7.98. The maximum absolute atomic E-state index is 13.3. The number of carbonyl (C=O) groups excluding carboxylic acids is 1. The molecule has 0 saturated heterocycles. The molecule has 8 nitrogen and oxygen atoms in total. The molecule has 3 heterocycles. The van der Waals surface area contributed by atoms with E-state index in [0.717, 1.165) is 35.9 Å². The molecule has 0 fully saturated rings. The molecule has 10 heteroatoms. The van der Waals surface area contributed by atoms with Crippen molar-refractivity contribution in [3.05, 3.63) is 60.7 Å². The van der Waals surface area contributed by atoms with Gasteiger partial charge in [-0.2, -0.15) is 0 Å². The molecule has 1 aromatic carbocycles. The fraction of sp³-hybridized carbons (Fsp3) is 0.348. The molecule has 1 aliphatic carbocycles. The van der Waals surface area contributed by atoms with Crippen molar-refractivity contribution in [2.45, 2.75) is 50.1 Å². The number of thioether (sulfide) groups is 1. The number of nitrogens with one attached hydrogen (secondary N) is 1. The van der Waals surface area contributed by atoms with Gasteiger partial charge in [0.25, 0.3) is 11.1 Å². The number of fused-ring (bicyclic) bond motifs is 4. The number of thiophene rings is 1. The highest BCUT2D eigenvalue weighted by Crippen LogP contribution is 2.35. The third-order valence-electron chi connectivity index (χ3n) is 5.87. The first kappa shape index (κ1) is 21.8. The Hall–Kier alpha value is -2.98. The summed E-state index contributed by atoms with van der Waals surface area (Å²) in [5.74, 6) is 0.288. The number of benzene rings is 1. The van der Waals surface area contributed by atoms with Gasteiger partial charge in [-0.3, -0.25) is 14.2 Å². The van der Waals surface area contributed by atoms with Crippen molar-refractivity contribution < 1.29 is 9.53 Å². The van der Waals surface area contributed by atoms with Gasteiger partial charge in [0.2, 0.25) is 0 Å². The number of rotatable bonds is 5. The lowest BCUT2D eigenvalue weighted by Gasteiger charge is -2.12. The number of aromatic amines is 1. The summed E-state index contributed by atoms with van der Waals surface area (Å²) in [7, 11) is 1.31. The van der Waals surface area contributed by atoms with Gasteiger partial charge < -0.3 is 9.72 Å². The van der Waals surface area contributed by atoms with Gasteiger partial charge in [-0.25, -0.2) is 14.8 Å². The number of methoxy groups -OCH3 is 1. The number of esters is 1. The minimum absolute atomic E-state index is 0.00656. The van der Waals surface area contributed by atoms with E-state index in [0.29, 0.717) is 39.7 Å². The second-order valence-corrected chi connectivity index (χ2v) is 9.89. The van der Waals surface area contributed by atoms with E-state index < -0.39 is 5.97 Å². The molecule has 0 radical (unpaired) electrons. The van der Waals surface area contributed by atoms with E-state index in [4.69, 9.17) is 9.72 Å². The lowest BCUT2D eigenvalue weighted by Crippen LogP contribution is -2.23. The van der Waals surface area contributed by atoms with Crippen LogP contribution < -0.4 is 11.1 Å². The van der Waals surface area contributed by atoms with E-state index in [9.17, 15) is 14.4 Å². The number of aryl methyl sites for hydroxylation is 2. The van der Waals surface area contributed by atoms with Crippen molar-refractivity contribution in [2.24, 2.45) is 0 Å². The first-order chi connectivity index (χ1) is 16.0. The summed E-state index contributed by atoms with van der Waals surface area (Å²) in [5, 5.41) is 1.78. The Morgan fingerprint density at radius 2 is 2.06 bits per heavy atom. The summed E-state index contributed by atoms with van der Waals surface area (Å²) in [6.07, 6.45) is 4.22. The summed E-state index contributed by atoms with van der Waals surface area (Å²) < 4.78 is 6.45. The van der Waals surface area contributed by atoms with Crippen molar-refractivity contribution in [3.63, 3.8) is 0 Å². The molecule has 0 saturated carbocycles. The number of carbonyl (C=O) groups is 1. The SMILES string of the molecule is CCn1c(SCc2nc3cc(C(=O)OC)ccc3c(=O)[nH]2)nc2sc3c(c2c1=O)CCCC3. The van der Waals surface area contributed by atoms with Crippen LogP contribution in [0.25, 0.3) is 21.1 Å². The summed E-state index contributed by atoms with van der Waals surface area (Å²) in [6.45, 7) is 2.45. The van der Waals surface area contributed by atoms with E-state index in [-0.39, 0.29) is 11.1 Å². The number of hydrogen-bond acceptors (Lipinski definition) is 8. The molecule has 0 atom stereocenters. The zero-order valence-corrected chi connectivity index (χ0v) is 19.9. The molecule has 0 spiro atoms. The molecule has 5 rings (SSSR count).